The summed E-state index contributed by atoms with van der Waals surface area (Å²) in [5, 5.41) is 8.83. The van der Waals surface area contributed by atoms with Gasteiger partial charge in [0.15, 0.2) is 0 Å². The zero-order valence-corrected chi connectivity index (χ0v) is 23.9. The minimum absolute atomic E-state index is 0.133. The van der Waals surface area contributed by atoms with Crippen molar-refractivity contribution in [2.45, 2.75) is 19.1 Å². The Bertz CT molecular complexity index is 1510. The van der Waals surface area contributed by atoms with Crippen LogP contribution in [-0.4, -0.2) is 40.4 Å². The highest BCUT2D eigenvalue weighted by Gasteiger charge is 2.38. The molecule has 39 heavy (non-hydrogen) atoms. The first-order chi connectivity index (χ1) is 18.8. The Morgan fingerprint density at radius 3 is 2.51 bits per heavy atom. The number of rotatable bonds is 7. The number of carbonyl (C=O) groups excluding carboxylic acids is 2. The van der Waals surface area contributed by atoms with E-state index in [2.05, 4.69) is 5.32 Å². The molecular weight excluding hydrogens is 551 g/mol. The maximum atomic E-state index is 13.7. The largest absolute Gasteiger partial charge is 0.354 e. The van der Waals surface area contributed by atoms with Gasteiger partial charge in [-0.2, -0.15) is 5.10 Å². The Hall–Kier alpha value is -3.26. The van der Waals surface area contributed by atoms with E-state index in [1.165, 1.54) is 11.8 Å². The molecule has 0 bridgehead atoms. The Morgan fingerprint density at radius 1 is 1.05 bits per heavy atom. The number of nitrogens with zero attached hydrogens (tertiary/aromatic N) is 3. The fraction of sp³-hybridized carbons (Fsp3) is 0.233. The molecule has 0 aliphatic carbocycles. The van der Waals surface area contributed by atoms with E-state index in [0.29, 0.717) is 33.8 Å². The van der Waals surface area contributed by atoms with Gasteiger partial charge < -0.3 is 5.32 Å². The molecule has 9 heteroatoms. The van der Waals surface area contributed by atoms with Crippen LogP contribution in [0, 0.1) is 5.92 Å². The number of benzene rings is 3. The predicted octanol–water partition coefficient (Wildman–Crippen LogP) is 6.79. The van der Waals surface area contributed by atoms with Gasteiger partial charge in [0.2, 0.25) is 11.8 Å². The molecule has 0 saturated carbocycles. The van der Waals surface area contributed by atoms with Crippen molar-refractivity contribution in [2.75, 3.05) is 23.7 Å². The van der Waals surface area contributed by atoms with E-state index in [1.807, 2.05) is 86.6 Å². The molecule has 3 aromatic carbocycles. The van der Waals surface area contributed by atoms with Gasteiger partial charge >= 0.3 is 0 Å². The summed E-state index contributed by atoms with van der Waals surface area (Å²) in [6.45, 7) is 4.44. The van der Waals surface area contributed by atoms with Gasteiger partial charge in [-0.3, -0.25) is 14.5 Å². The second-order valence-electron chi connectivity index (χ2n) is 9.74. The molecule has 0 spiro atoms. The lowest BCUT2D eigenvalue weighted by Gasteiger charge is -2.23. The molecule has 6 nitrogen and oxygen atoms in total. The van der Waals surface area contributed by atoms with Crippen molar-refractivity contribution in [3.63, 3.8) is 0 Å². The fourth-order valence-electron chi connectivity index (χ4n) is 4.57. The lowest BCUT2D eigenvalue weighted by molar-refractivity contribution is -0.123. The molecule has 1 aromatic heterocycles. The first-order valence-corrected chi connectivity index (χ1v) is 14.5. The van der Waals surface area contributed by atoms with Crippen LogP contribution in [0.1, 0.15) is 30.2 Å². The van der Waals surface area contributed by atoms with Gasteiger partial charge in [0.1, 0.15) is 12.4 Å². The Kier molecular flexibility index (Phi) is 8.31. The molecule has 1 aliphatic heterocycles. The molecule has 200 valence electrons. The molecule has 1 aliphatic rings. The van der Waals surface area contributed by atoms with Gasteiger partial charge in [0.25, 0.3) is 0 Å². The number of hydrogen-bond donors (Lipinski definition) is 1. The van der Waals surface area contributed by atoms with E-state index in [-0.39, 0.29) is 35.3 Å². The number of halogens is 2. The zero-order chi connectivity index (χ0) is 27.5. The molecule has 1 atom stereocenters. The molecule has 0 saturated heterocycles. The molecular formula is C30H28Cl2N4O2S. The predicted molar refractivity (Wildman–Crippen MR) is 160 cm³/mol. The third-order valence-electron chi connectivity index (χ3n) is 6.38. The van der Waals surface area contributed by atoms with Gasteiger partial charge in [-0.15, -0.1) is 11.8 Å². The van der Waals surface area contributed by atoms with E-state index in [9.17, 15) is 9.59 Å². The average Bonchev–Trinajstić information content (AvgIpc) is 3.24. The Labute approximate surface area is 242 Å². The number of anilines is 1. The van der Waals surface area contributed by atoms with Crippen molar-refractivity contribution >= 4 is 52.6 Å². The monoisotopic (exact) mass is 578 g/mol. The van der Waals surface area contributed by atoms with Crippen LogP contribution in [0.4, 0.5) is 5.82 Å². The van der Waals surface area contributed by atoms with Crippen molar-refractivity contribution in [2.24, 2.45) is 5.92 Å². The summed E-state index contributed by atoms with van der Waals surface area (Å²) in [7, 11) is 0. The smallest absolute Gasteiger partial charge is 0.240 e. The number of fused-ring (bicyclic) bond motifs is 1. The van der Waals surface area contributed by atoms with Gasteiger partial charge in [-0.1, -0.05) is 91.6 Å². The van der Waals surface area contributed by atoms with Crippen molar-refractivity contribution in [1.29, 1.82) is 0 Å². The summed E-state index contributed by atoms with van der Waals surface area (Å²) >= 11 is 14.6. The molecule has 0 radical (unpaired) electrons. The first kappa shape index (κ1) is 27.3. The fourth-order valence-corrected chi connectivity index (χ4v) is 6.17. The van der Waals surface area contributed by atoms with Gasteiger partial charge in [-0.05, 0) is 35.7 Å². The molecule has 0 fully saturated rings. The summed E-state index contributed by atoms with van der Waals surface area (Å²) in [5.41, 5.74) is 4.00. The standard InChI is InChI=1S/C30H28Cl2N4O2S/c1-19(2)16-33-25(37)17-35-26(38)18-39-29(21-11-8-12-22(31)15-21)27-28(20-9-4-3-5-10-20)34-36(30(27)35)24-14-7-6-13-23(24)32/h3-15,19,29H,16-18H2,1-2H3,(H,33,37). The van der Waals surface area contributed by atoms with Crippen molar-refractivity contribution in [1.82, 2.24) is 15.1 Å². The summed E-state index contributed by atoms with van der Waals surface area (Å²) in [6, 6.07) is 24.9. The van der Waals surface area contributed by atoms with Crippen LogP contribution < -0.4 is 10.2 Å². The lowest BCUT2D eigenvalue weighted by Crippen LogP contribution is -2.43. The number of thioether (sulfide) groups is 1. The number of amides is 2. The van der Waals surface area contributed by atoms with Crippen molar-refractivity contribution in [3.05, 3.63) is 100 Å². The molecule has 1 unspecified atom stereocenters. The number of para-hydroxylation sites is 1. The van der Waals surface area contributed by atoms with Crippen LogP contribution in [0.2, 0.25) is 10.0 Å². The third-order valence-corrected chi connectivity index (χ3v) is 8.19. The SMILES string of the molecule is CC(C)CNC(=O)CN1C(=O)CSC(c2cccc(Cl)c2)c2c(-c3ccccc3)nn(-c3ccccc3Cl)c21. The second kappa shape index (κ2) is 11.9. The normalized spacial score (nSPS) is 15.3. The van der Waals surface area contributed by atoms with Gasteiger partial charge in [0.05, 0.1) is 27.4 Å². The second-order valence-corrected chi connectivity index (χ2v) is 11.7. The van der Waals surface area contributed by atoms with E-state index < -0.39 is 0 Å². The van der Waals surface area contributed by atoms with Crippen LogP contribution in [0.15, 0.2) is 78.9 Å². The molecule has 4 aromatic rings. The number of carbonyl (C=O) groups is 2. The molecule has 2 amide bonds. The molecule has 1 N–H and O–H groups in total. The Morgan fingerprint density at radius 2 is 1.79 bits per heavy atom. The summed E-state index contributed by atoms with van der Waals surface area (Å²) in [5.74, 6) is 0.577. The molecule has 5 rings (SSSR count). The number of aromatic nitrogens is 2. The number of nitrogens with one attached hydrogen (secondary N) is 1. The summed E-state index contributed by atoms with van der Waals surface area (Å²) in [4.78, 5) is 28.4. The van der Waals surface area contributed by atoms with Crippen LogP contribution >= 0.6 is 35.0 Å². The minimum Gasteiger partial charge on any atom is -0.354 e. The van der Waals surface area contributed by atoms with Gasteiger partial charge in [0, 0.05) is 22.7 Å². The highest BCUT2D eigenvalue weighted by Crippen LogP contribution is 2.49. The lowest BCUT2D eigenvalue weighted by atomic mass is 9.99. The van der Waals surface area contributed by atoms with E-state index in [4.69, 9.17) is 28.3 Å². The average molecular weight is 580 g/mol. The highest BCUT2D eigenvalue weighted by molar-refractivity contribution is 8.00. The summed E-state index contributed by atoms with van der Waals surface area (Å²) in [6.07, 6.45) is 0. The first-order valence-electron chi connectivity index (χ1n) is 12.7. The Balaban J connectivity index is 1.78. The van der Waals surface area contributed by atoms with Gasteiger partial charge in [-0.25, -0.2) is 4.68 Å². The zero-order valence-electron chi connectivity index (χ0n) is 21.6. The van der Waals surface area contributed by atoms with Crippen LogP contribution in [0.5, 0.6) is 0 Å². The third kappa shape index (κ3) is 5.86. The summed E-state index contributed by atoms with van der Waals surface area (Å²) < 4.78 is 1.71. The highest BCUT2D eigenvalue weighted by atomic mass is 35.5. The number of hydrogen-bond acceptors (Lipinski definition) is 4. The van der Waals surface area contributed by atoms with E-state index >= 15 is 0 Å². The van der Waals surface area contributed by atoms with Crippen LogP contribution in [-0.2, 0) is 9.59 Å². The van der Waals surface area contributed by atoms with Crippen LogP contribution in [0.3, 0.4) is 0 Å². The minimum atomic E-state index is -0.266. The van der Waals surface area contributed by atoms with E-state index in [0.717, 1.165) is 16.7 Å². The maximum absolute atomic E-state index is 13.7. The van der Waals surface area contributed by atoms with Crippen molar-refractivity contribution in [3.8, 4) is 16.9 Å². The van der Waals surface area contributed by atoms with Crippen molar-refractivity contribution < 1.29 is 9.59 Å². The van der Waals surface area contributed by atoms with Crippen LogP contribution in [0.25, 0.3) is 16.9 Å². The molecule has 2 heterocycles. The maximum Gasteiger partial charge on any atom is 0.240 e. The topological polar surface area (TPSA) is 67.2 Å². The quantitative estimate of drug-likeness (QED) is 0.262. The van der Waals surface area contributed by atoms with E-state index in [1.54, 1.807) is 15.6 Å².